The van der Waals surface area contributed by atoms with E-state index in [4.69, 9.17) is 4.74 Å². The van der Waals surface area contributed by atoms with Crippen molar-refractivity contribution in [3.05, 3.63) is 0 Å². The van der Waals surface area contributed by atoms with Crippen LogP contribution in [0.15, 0.2) is 0 Å². The molecule has 1 saturated carbocycles. The molecule has 3 rings (SSSR count). The van der Waals surface area contributed by atoms with Gasteiger partial charge in [-0.3, -0.25) is 14.6 Å². The number of ether oxygens (including phenoxy) is 1. The van der Waals surface area contributed by atoms with Gasteiger partial charge in [-0.1, -0.05) is 0 Å². The van der Waals surface area contributed by atoms with Gasteiger partial charge in [-0.25, -0.2) is 0 Å². The lowest BCUT2D eigenvalue weighted by Gasteiger charge is -2.41. The molecule has 3 atom stereocenters. The highest BCUT2D eigenvalue weighted by atomic mass is 16.5. The highest BCUT2D eigenvalue weighted by Gasteiger charge is 2.35. The molecule has 3 aliphatic rings. The molecule has 3 fully saturated rings. The number of carbonyl (C=O) groups is 1. The number of hydrogen-bond donors (Lipinski definition) is 1. The first kappa shape index (κ1) is 16.2. The number of aliphatic hydroxyl groups is 1. The van der Waals surface area contributed by atoms with E-state index in [-0.39, 0.29) is 18.1 Å². The van der Waals surface area contributed by atoms with Gasteiger partial charge in [0.05, 0.1) is 25.4 Å². The molecule has 0 spiro atoms. The van der Waals surface area contributed by atoms with Crippen molar-refractivity contribution >= 4 is 5.91 Å². The molecule has 2 saturated heterocycles. The van der Waals surface area contributed by atoms with E-state index < -0.39 is 0 Å². The maximum Gasteiger partial charge on any atom is 0.239 e. The number of nitrogens with zero attached hydrogens (tertiary/aromatic N) is 3. The van der Waals surface area contributed by atoms with Crippen molar-refractivity contribution in [3.8, 4) is 0 Å². The van der Waals surface area contributed by atoms with Gasteiger partial charge in [0.25, 0.3) is 0 Å². The van der Waals surface area contributed by atoms with Crippen molar-refractivity contribution in [3.63, 3.8) is 0 Å². The molecule has 0 unspecified atom stereocenters. The SMILES string of the molecule is C[C@H](C(=O)N1CCN([C@@H]2CCC[C@@H]2O)CC1)N1CCOCC1. The lowest BCUT2D eigenvalue weighted by Crippen LogP contribution is -2.57. The first-order valence-corrected chi connectivity index (χ1v) is 8.69. The topological polar surface area (TPSA) is 56.2 Å². The summed E-state index contributed by atoms with van der Waals surface area (Å²) in [5.41, 5.74) is 0. The molecule has 2 heterocycles. The average molecular weight is 311 g/mol. The van der Waals surface area contributed by atoms with Gasteiger partial charge in [0.1, 0.15) is 0 Å². The number of morpholine rings is 1. The van der Waals surface area contributed by atoms with Crippen LogP contribution >= 0.6 is 0 Å². The maximum absolute atomic E-state index is 12.7. The van der Waals surface area contributed by atoms with Crippen molar-refractivity contribution in [2.45, 2.75) is 44.4 Å². The number of rotatable bonds is 3. The van der Waals surface area contributed by atoms with Crippen LogP contribution in [0.25, 0.3) is 0 Å². The zero-order chi connectivity index (χ0) is 15.5. The zero-order valence-corrected chi connectivity index (χ0v) is 13.6. The van der Waals surface area contributed by atoms with E-state index in [1.54, 1.807) is 0 Å². The Morgan fingerprint density at radius 2 is 1.77 bits per heavy atom. The van der Waals surface area contributed by atoms with Gasteiger partial charge in [-0.05, 0) is 26.2 Å². The second-order valence-electron chi connectivity index (χ2n) is 6.75. The molecule has 126 valence electrons. The van der Waals surface area contributed by atoms with Gasteiger partial charge < -0.3 is 14.7 Å². The molecule has 2 aliphatic heterocycles. The van der Waals surface area contributed by atoms with Crippen LogP contribution in [-0.4, -0.2) is 96.4 Å². The van der Waals surface area contributed by atoms with E-state index in [1.807, 2.05) is 11.8 Å². The fourth-order valence-electron chi connectivity index (χ4n) is 4.01. The Bertz CT molecular complexity index is 379. The molecular weight excluding hydrogens is 282 g/mol. The zero-order valence-electron chi connectivity index (χ0n) is 13.6. The van der Waals surface area contributed by atoms with Crippen LogP contribution in [0.1, 0.15) is 26.2 Å². The Balaban J connectivity index is 1.49. The molecule has 1 N–H and O–H groups in total. The van der Waals surface area contributed by atoms with Crippen LogP contribution in [0.5, 0.6) is 0 Å². The van der Waals surface area contributed by atoms with E-state index in [1.165, 1.54) is 0 Å². The van der Waals surface area contributed by atoms with Crippen molar-refractivity contribution in [2.24, 2.45) is 0 Å². The minimum Gasteiger partial charge on any atom is -0.391 e. The number of hydrogen-bond acceptors (Lipinski definition) is 5. The lowest BCUT2D eigenvalue weighted by molar-refractivity contribution is -0.140. The molecular formula is C16H29N3O3. The van der Waals surface area contributed by atoms with Crippen LogP contribution in [0.3, 0.4) is 0 Å². The third-order valence-corrected chi connectivity index (χ3v) is 5.49. The Morgan fingerprint density at radius 1 is 1.09 bits per heavy atom. The molecule has 1 amide bonds. The first-order valence-electron chi connectivity index (χ1n) is 8.69. The smallest absolute Gasteiger partial charge is 0.239 e. The van der Waals surface area contributed by atoms with Crippen LogP contribution in [-0.2, 0) is 9.53 Å². The van der Waals surface area contributed by atoms with Crippen LogP contribution in [0.4, 0.5) is 0 Å². The highest BCUT2D eigenvalue weighted by molar-refractivity contribution is 5.81. The minimum atomic E-state index is -0.172. The third kappa shape index (κ3) is 3.45. The van der Waals surface area contributed by atoms with Gasteiger partial charge >= 0.3 is 0 Å². The highest BCUT2D eigenvalue weighted by Crippen LogP contribution is 2.25. The van der Waals surface area contributed by atoms with Gasteiger partial charge in [-0.2, -0.15) is 0 Å². The fourth-order valence-corrected chi connectivity index (χ4v) is 4.01. The molecule has 0 aromatic carbocycles. The normalized spacial score (nSPS) is 33.1. The molecule has 0 aromatic heterocycles. The van der Waals surface area contributed by atoms with Gasteiger partial charge in [0, 0.05) is 45.3 Å². The van der Waals surface area contributed by atoms with Crippen molar-refractivity contribution < 1.29 is 14.6 Å². The molecule has 6 nitrogen and oxygen atoms in total. The van der Waals surface area contributed by atoms with E-state index >= 15 is 0 Å². The number of aliphatic hydroxyl groups excluding tert-OH is 1. The summed E-state index contributed by atoms with van der Waals surface area (Å²) in [4.78, 5) is 19.3. The summed E-state index contributed by atoms with van der Waals surface area (Å²) in [6.07, 6.45) is 2.98. The molecule has 0 bridgehead atoms. The van der Waals surface area contributed by atoms with E-state index in [0.717, 1.165) is 71.7 Å². The Morgan fingerprint density at radius 3 is 2.36 bits per heavy atom. The third-order valence-electron chi connectivity index (χ3n) is 5.49. The minimum absolute atomic E-state index is 0.0486. The molecule has 0 radical (unpaired) electrons. The summed E-state index contributed by atoms with van der Waals surface area (Å²) in [5.74, 6) is 0.244. The van der Waals surface area contributed by atoms with E-state index in [9.17, 15) is 9.90 Å². The second-order valence-corrected chi connectivity index (χ2v) is 6.75. The molecule has 6 heteroatoms. The largest absolute Gasteiger partial charge is 0.391 e. The predicted octanol–water partition coefficient (Wildman–Crippen LogP) is -0.235. The van der Waals surface area contributed by atoms with Gasteiger partial charge in [0.2, 0.25) is 5.91 Å². The Hall–Kier alpha value is -0.690. The Labute approximate surface area is 133 Å². The van der Waals surface area contributed by atoms with Crippen molar-refractivity contribution in [1.29, 1.82) is 0 Å². The summed E-state index contributed by atoms with van der Waals surface area (Å²) in [6, 6.07) is 0.265. The quantitative estimate of drug-likeness (QED) is 0.780. The number of carbonyl (C=O) groups excluding carboxylic acids is 1. The summed E-state index contributed by atoms with van der Waals surface area (Å²) < 4.78 is 5.36. The van der Waals surface area contributed by atoms with E-state index in [0.29, 0.717) is 6.04 Å². The van der Waals surface area contributed by atoms with Crippen LogP contribution < -0.4 is 0 Å². The summed E-state index contributed by atoms with van der Waals surface area (Å²) in [7, 11) is 0. The maximum atomic E-state index is 12.7. The fraction of sp³-hybridized carbons (Fsp3) is 0.938. The Kier molecular flexibility index (Phi) is 5.33. The van der Waals surface area contributed by atoms with Gasteiger partial charge in [0.15, 0.2) is 0 Å². The average Bonchev–Trinajstić information content (AvgIpc) is 3.00. The van der Waals surface area contributed by atoms with Gasteiger partial charge in [-0.15, -0.1) is 0 Å². The molecule has 22 heavy (non-hydrogen) atoms. The number of piperazine rings is 1. The standard InChI is InChI=1S/C16H29N3O3/c1-13(17-9-11-22-12-10-17)16(21)19-7-5-18(6-8-19)14-3-2-4-15(14)20/h13-15,20H,2-12H2,1H3/t13-,14-,15+/m1/s1. The monoisotopic (exact) mass is 311 g/mol. The predicted molar refractivity (Wildman–Crippen MR) is 83.7 cm³/mol. The summed E-state index contributed by atoms with van der Waals surface area (Å²) in [6.45, 7) is 8.53. The molecule has 0 aromatic rings. The van der Waals surface area contributed by atoms with Crippen molar-refractivity contribution in [1.82, 2.24) is 14.7 Å². The van der Waals surface area contributed by atoms with Crippen molar-refractivity contribution in [2.75, 3.05) is 52.5 Å². The second kappa shape index (κ2) is 7.25. The lowest BCUT2D eigenvalue weighted by atomic mass is 10.1. The first-order chi connectivity index (χ1) is 10.7. The molecule has 1 aliphatic carbocycles. The van der Waals surface area contributed by atoms with E-state index in [2.05, 4.69) is 9.80 Å². The van der Waals surface area contributed by atoms with Crippen LogP contribution in [0.2, 0.25) is 0 Å². The summed E-state index contributed by atoms with van der Waals surface area (Å²) >= 11 is 0. The van der Waals surface area contributed by atoms with Crippen LogP contribution in [0, 0.1) is 0 Å². The number of amides is 1. The summed E-state index contributed by atoms with van der Waals surface area (Å²) in [5, 5.41) is 10.0.